The molecule has 212 valence electrons. The summed E-state index contributed by atoms with van der Waals surface area (Å²) >= 11 is 0. The first kappa shape index (κ1) is 29.1. The minimum Gasteiger partial charge on any atom is -0.507 e. The topological polar surface area (TPSA) is 116 Å². The second-order valence-corrected chi connectivity index (χ2v) is 11.1. The number of cyclic esters (lactones) is 1. The molecule has 0 amide bonds. The first-order valence-corrected chi connectivity index (χ1v) is 13.9. The van der Waals surface area contributed by atoms with Crippen LogP contribution in [0.1, 0.15) is 99.2 Å². The van der Waals surface area contributed by atoms with Crippen LogP contribution in [0.5, 0.6) is 11.5 Å². The van der Waals surface area contributed by atoms with Crippen molar-refractivity contribution in [2.45, 2.75) is 84.3 Å². The van der Waals surface area contributed by atoms with E-state index in [-0.39, 0.29) is 46.8 Å². The number of non-ortho nitro benzene ring substituents is 1. The number of aromatic hydroxyl groups is 1. The van der Waals surface area contributed by atoms with Crippen LogP contribution < -0.4 is 4.74 Å². The molecule has 40 heavy (non-hydrogen) atoms. The van der Waals surface area contributed by atoms with Gasteiger partial charge in [0.25, 0.3) is 11.5 Å². The summed E-state index contributed by atoms with van der Waals surface area (Å²) in [4.78, 5) is 37.1. The van der Waals surface area contributed by atoms with E-state index in [1.165, 1.54) is 31.2 Å². The number of nitrogens with zero attached hydrogens (tertiary/aromatic N) is 1. The lowest BCUT2D eigenvalue weighted by Crippen LogP contribution is -2.44. The van der Waals surface area contributed by atoms with Crippen molar-refractivity contribution in [1.82, 2.24) is 0 Å². The zero-order valence-electron chi connectivity index (χ0n) is 23.6. The maximum atomic E-state index is 13.9. The number of aryl methyl sites for hydroxylation is 1. The molecular weight excluding hydrogens is 510 g/mol. The molecule has 2 aromatic carbocycles. The highest BCUT2D eigenvalue weighted by molar-refractivity contribution is 5.97. The highest BCUT2D eigenvalue weighted by Gasteiger charge is 2.48. The Morgan fingerprint density at radius 1 is 1.20 bits per heavy atom. The van der Waals surface area contributed by atoms with E-state index in [1.54, 1.807) is 6.07 Å². The highest BCUT2D eigenvalue weighted by Crippen LogP contribution is 2.52. The van der Waals surface area contributed by atoms with E-state index in [4.69, 9.17) is 9.47 Å². The number of ketones is 1. The summed E-state index contributed by atoms with van der Waals surface area (Å²) in [5, 5.41) is 22.8. The number of fused-ring (bicyclic) bond motifs is 1. The van der Waals surface area contributed by atoms with Crippen LogP contribution in [0.25, 0.3) is 0 Å². The van der Waals surface area contributed by atoms with Gasteiger partial charge in [0, 0.05) is 29.2 Å². The van der Waals surface area contributed by atoms with Gasteiger partial charge in [0.15, 0.2) is 0 Å². The lowest BCUT2D eigenvalue weighted by atomic mass is 9.73. The van der Waals surface area contributed by atoms with Gasteiger partial charge in [0.2, 0.25) is 0 Å². The van der Waals surface area contributed by atoms with Gasteiger partial charge in [-0.05, 0) is 76.1 Å². The molecule has 3 unspecified atom stereocenters. The second-order valence-electron chi connectivity index (χ2n) is 11.1. The van der Waals surface area contributed by atoms with Gasteiger partial charge in [-0.1, -0.05) is 43.6 Å². The van der Waals surface area contributed by atoms with Gasteiger partial charge in [-0.25, -0.2) is 4.79 Å². The van der Waals surface area contributed by atoms with Crippen molar-refractivity contribution in [2.24, 2.45) is 5.92 Å². The number of rotatable bonds is 10. The Bertz CT molecular complexity index is 1370. The Balaban J connectivity index is 1.96. The first-order valence-electron chi connectivity index (χ1n) is 13.9. The molecule has 0 radical (unpaired) electrons. The van der Waals surface area contributed by atoms with Gasteiger partial charge < -0.3 is 14.6 Å². The molecule has 1 N–H and O–H groups in total. The number of carbonyl (C=O) groups excluding carboxylic acids is 2. The third kappa shape index (κ3) is 5.67. The van der Waals surface area contributed by atoms with Crippen molar-refractivity contribution in [1.29, 1.82) is 0 Å². The van der Waals surface area contributed by atoms with Gasteiger partial charge in [-0.3, -0.25) is 14.9 Å². The Labute approximate surface area is 234 Å². The molecule has 3 atom stereocenters. The number of unbranched alkanes of at least 4 members (excludes halogenated alkanes) is 2. The summed E-state index contributed by atoms with van der Waals surface area (Å²) in [6.45, 7) is 11.6. The maximum absolute atomic E-state index is 13.9. The van der Waals surface area contributed by atoms with E-state index in [9.17, 15) is 24.8 Å². The number of allylic oxidation sites excluding steroid dienone is 3. The minimum absolute atomic E-state index is 0.00719. The van der Waals surface area contributed by atoms with Crippen molar-refractivity contribution in [3.8, 4) is 11.5 Å². The molecular formula is C32H37NO7. The van der Waals surface area contributed by atoms with Crippen LogP contribution >= 0.6 is 0 Å². The summed E-state index contributed by atoms with van der Waals surface area (Å²) < 4.78 is 12.6. The molecule has 0 saturated carbocycles. The number of benzene rings is 2. The van der Waals surface area contributed by atoms with E-state index in [0.717, 1.165) is 43.3 Å². The quantitative estimate of drug-likeness (QED) is 0.108. The monoisotopic (exact) mass is 547 g/mol. The Morgan fingerprint density at radius 3 is 2.50 bits per heavy atom. The predicted molar refractivity (Wildman–Crippen MR) is 151 cm³/mol. The number of carbonyl (C=O) groups is 2. The van der Waals surface area contributed by atoms with Crippen molar-refractivity contribution < 1.29 is 29.1 Å². The summed E-state index contributed by atoms with van der Waals surface area (Å²) in [5.41, 5.74) is 3.60. The van der Waals surface area contributed by atoms with Crippen molar-refractivity contribution in [2.75, 3.05) is 0 Å². The predicted octanol–water partition coefficient (Wildman–Crippen LogP) is 7.43. The van der Waals surface area contributed by atoms with Gasteiger partial charge in [0.1, 0.15) is 22.8 Å². The number of nitro groups is 1. The van der Waals surface area contributed by atoms with Crippen LogP contribution in [0.15, 0.2) is 54.1 Å². The molecule has 0 saturated heterocycles. The van der Waals surface area contributed by atoms with Crippen LogP contribution in [0.3, 0.4) is 0 Å². The van der Waals surface area contributed by atoms with Gasteiger partial charge in [-0.15, -0.1) is 0 Å². The molecule has 1 aliphatic heterocycles. The molecule has 0 fully saturated rings. The number of hydrogen-bond donors (Lipinski definition) is 1. The third-order valence-corrected chi connectivity index (χ3v) is 7.87. The van der Waals surface area contributed by atoms with Crippen molar-refractivity contribution >= 4 is 17.4 Å². The van der Waals surface area contributed by atoms with E-state index >= 15 is 0 Å². The summed E-state index contributed by atoms with van der Waals surface area (Å²) in [6.07, 6.45) is 6.81. The molecule has 0 spiro atoms. The fourth-order valence-electron chi connectivity index (χ4n) is 5.88. The van der Waals surface area contributed by atoms with Gasteiger partial charge in [0.05, 0.1) is 11.3 Å². The summed E-state index contributed by atoms with van der Waals surface area (Å²) in [7, 11) is 0. The molecule has 0 bridgehead atoms. The third-order valence-electron chi connectivity index (χ3n) is 7.87. The fraction of sp³-hybridized carbons (Fsp3) is 0.438. The van der Waals surface area contributed by atoms with E-state index in [2.05, 4.69) is 19.6 Å². The van der Waals surface area contributed by atoms with Crippen LogP contribution in [-0.4, -0.2) is 21.8 Å². The standard InChI is InChI=1S/C32H37NO7/c1-6-7-8-9-22-17-27(35)29(26-16-20(4)10-15-25(26)19(2)3)30-28(22)31(36)40-32(39-30,18-21(5)34)23-11-13-24(14-12-23)33(37)38/h11-14,16-17,25-26,35H,2,6-10,15,18H2,1,3-5H3. The molecule has 1 aliphatic carbocycles. The normalized spacial score (nSPS) is 22.0. The van der Waals surface area contributed by atoms with Crippen molar-refractivity contribution in [3.05, 3.63) is 86.5 Å². The fourth-order valence-corrected chi connectivity index (χ4v) is 5.88. The number of Topliss-reactive ketones (excluding diaryl/α,β-unsaturated/α-hetero) is 1. The molecule has 2 aliphatic rings. The van der Waals surface area contributed by atoms with Crippen LogP contribution in [0.2, 0.25) is 0 Å². The van der Waals surface area contributed by atoms with Crippen molar-refractivity contribution in [3.63, 3.8) is 0 Å². The molecule has 0 aromatic heterocycles. The SMILES string of the molecule is C=C(C)C1CCC(C)=CC1c1c(O)cc(CCCCC)c2c1OC(CC(C)=O)(c1ccc([N+](=O)[O-])cc1)OC2=O. The number of phenolic OH excluding ortho intramolecular Hbond substituents is 1. The lowest BCUT2D eigenvalue weighted by Gasteiger charge is -2.40. The molecule has 4 rings (SSSR count). The molecule has 2 aromatic rings. The largest absolute Gasteiger partial charge is 0.507 e. The van der Waals surface area contributed by atoms with Crippen LogP contribution in [0.4, 0.5) is 5.69 Å². The van der Waals surface area contributed by atoms with Crippen LogP contribution in [0, 0.1) is 16.0 Å². The lowest BCUT2D eigenvalue weighted by molar-refractivity contribution is -0.384. The van der Waals surface area contributed by atoms with Gasteiger partial charge in [-0.2, -0.15) is 0 Å². The molecule has 1 heterocycles. The average Bonchev–Trinajstić information content (AvgIpc) is 2.88. The Hall–Kier alpha value is -3.94. The van der Waals surface area contributed by atoms with Gasteiger partial charge >= 0.3 is 5.97 Å². The average molecular weight is 548 g/mol. The maximum Gasteiger partial charge on any atom is 0.345 e. The van der Waals surface area contributed by atoms with Crippen LogP contribution in [-0.2, 0) is 21.7 Å². The van der Waals surface area contributed by atoms with E-state index in [0.29, 0.717) is 23.1 Å². The zero-order chi connectivity index (χ0) is 29.2. The van der Waals surface area contributed by atoms with E-state index < -0.39 is 16.7 Å². The Kier molecular flexibility index (Phi) is 8.47. The Morgan fingerprint density at radius 2 is 1.90 bits per heavy atom. The zero-order valence-corrected chi connectivity index (χ0v) is 23.6. The number of hydrogen-bond acceptors (Lipinski definition) is 7. The smallest absolute Gasteiger partial charge is 0.345 e. The highest BCUT2D eigenvalue weighted by atomic mass is 16.7. The number of nitro benzene ring substituents is 1. The molecule has 8 nitrogen and oxygen atoms in total. The minimum atomic E-state index is -1.85. The number of ether oxygens (including phenoxy) is 2. The summed E-state index contributed by atoms with van der Waals surface area (Å²) in [6, 6.07) is 7.09. The first-order chi connectivity index (χ1) is 19.0. The summed E-state index contributed by atoms with van der Waals surface area (Å²) in [5.74, 6) is -2.88. The number of esters is 1. The number of phenols is 1. The molecule has 8 heteroatoms. The van der Waals surface area contributed by atoms with E-state index in [1.807, 2.05) is 13.8 Å². The second kappa shape index (κ2) is 11.7.